The molecule has 0 aliphatic carbocycles. The lowest BCUT2D eigenvalue weighted by atomic mass is 10.1. The summed E-state index contributed by atoms with van der Waals surface area (Å²) in [7, 11) is 0. The van der Waals surface area contributed by atoms with Gasteiger partial charge in [0.1, 0.15) is 0 Å². The number of nitriles is 1. The maximum Gasteiger partial charge on any atom is 0.157 e. The summed E-state index contributed by atoms with van der Waals surface area (Å²) in [6.45, 7) is 6.26. The van der Waals surface area contributed by atoms with Gasteiger partial charge < -0.3 is 14.2 Å². The van der Waals surface area contributed by atoms with Crippen LogP contribution >= 0.6 is 0 Å². The van der Waals surface area contributed by atoms with Crippen molar-refractivity contribution in [2.24, 2.45) is 5.92 Å². The summed E-state index contributed by atoms with van der Waals surface area (Å²) in [5.74, 6) is 0.123. The van der Waals surface area contributed by atoms with Crippen molar-refractivity contribution in [3.05, 3.63) is 0 Å². The van der Waals surface area contributed by atoms with Crippen molar-refractivity contribution in [1.29, 1.82) is 5.26 Å². The Kier molecular flexibility index (Phi) is 8.81. The van der Waals surface area contributed by atoms with Gasteiger partial charge in [-0.2, -0.15) is 5.26 Å². The smallest absolute Gasteiger partial charge is 0.157 e. The summed E-state index contributed by atoms with van der Waals surface area (Å²) in [6.07, 6.45) is 6.35. The highest BCUT2D eigenvalue weighted by Crippen LogP contribution is 2.14. The maximum absolute atomic E-state index is 8.70. The van der Waals surface area contributed by atoms with Gasteiger partial charge in [-0.05, 0) is 52.4 Å². The van der Waals surface area contributed by atoms with Crippen molar-refractivity contribution in [2.45, 2.75) is 64.8 Å². The zero-order valence-electron chi connectivity index (χ0n) is 12.3. The number of hydrogen-bond donors (Lipinski definition) is 0. The molecule has 1 aliphatic heterocycles. The number of ether oxygens (including phenoxy) is 3. The van der Waals surface area contributed by atoms with Crippen LogP contribution in [0, 0.1) is 17.2 Å². The minimum absolute atomic E-state index is 0.00246. The Morgan fingerprint density at radius 2 is 2.11 bits per heavy atom. The Balaban J connectivity index is 1.90. The highest BCUT2D eigenvalue weighted by atomic mass is 16.7. The first-order valence-electron chi connectivity index (χ1n) is 7.46. The van der Waals surface area contributed by atoms with E-state index in [1.807, 2.05) is 6.92 Å². The third-order valence-electron chi connectivity index (χ3n) is 3.36. The topological polar surface area (TPSA) is 51.5 Å². The molecule has 3 atom stereocenters. The lowest BCUT2D eigenvalue weighted by molar-refractivity contribution is -0.164. The highest BCUT2D eigenvalue weighted by molar-refractivity contribution is 4.78. The minimum atomic E-state index is 0.00246. The lowest BCUT2D eigenvalue weighted by Crippen LogP contribution is -2.23. The van der Waals surface area contributed by atoms with Crippen LogP contribution in [0.2, 0.25) is 0 Å². The van der Waals surface area contributed by atoms with E-state index in [9.17, 15) is 0 Å². The molecule has 1 aliphatic rings. The first kappa shape index (κ1) is 16.4. The molecule has 4 nitrogen and oxygen atoms in total. The molecule has 0 aromatic rings. The van der Waals surface area contributed by atoms with Crippen molar-refractivity contribution >= 4 is 0 Å². The van der Waals surface area contributed by atoms with Crippen molar-refractivity contribution in [1.82, 2.24) is 0 Å². The predicted molar refractivity (Wildman–Crippen MR) is 73.6 cm³/mol. The van der Waals surface area contributed by atoms with E-state index >= 15 is 0 Å². The van der Waals surface area contributed by atoms with Gasteiger partial charge in [0.25, 0.3) is 0 Å². The second-order valence-corrected chi connectivity index (χ2v) is 5.31. The lowest BCUT2D eigenvalue weighted by Gasteiger charge is -2.22. The molecule has 1 heterocycles. The van der Waals surface area contributed by atoms with E-state index in [4.69, 9.17) is 19.5 Å². The van der Waals surface area contributed by atoms with Gasteiger partial charge in [0.05, 0.1) is 18.8 Å². The zero-order valence-corrected chi connectivity index (χ0v) is 12.3. The van der Waals surface area contributed by atoms with Crippen LogP contribution in [0.4, 0.5) is 0 Å². The van der Waals surface area contributed by atoms with E-state index in [0.717, 1.165) is 45.3 Å². The van der Waals surface area contributed by atoms with Crippen molar-refractivity contribution in [2.75, 3.05) is 19.8 Å². The van der Waals surface area contributed by atoms with E-state index in [1.54, 1.807) is 0 Å². The molecule has 1 fully saturated rings. The maximum atomic E-state index is 8.70. The third kappa shape index (κ3) is 8.20. The van der Waals surface area contributed by atoms with Crippen LogP contribution < -0.4 is 0 Å². The first-order chi connectivity index (χ1) is 9.22. The quantitative estimate of drug-likeness (QED) is 0.603. The van der Waals surface area contributed by atoms with Gasteiger partial charge in [0, 0.05) is 19.1 Å². The van der Waals surface area contributed by atoms with E-state index in [-0.39, 0.29) is 18.3 Å². The molecule has 19 heavy (non-hydrogen) atoms. The second kappa shape index (κ2) is 10.2. The molecule has 4 heteroatoms. The van der Waals surface area contributed by atoms with Gasteiger partial charge in [0.2, 0.25) is 0 Å². The molecule has 0 spiro atoms. The normalized spacial score (nSPS) is 22.7. The molecule has 0 aromatic carbocycles. The largest absolute Gasteiger partial charge is 0.378 e. The van der Waals surface area contributed by atoms with E-state index in [2.05, 4.69) is 13.0 Å². The van der Waals surface area contributed by atoms with Gasteiger partial charge in [-0.25, -0.2) is 0 Å². The summed E-state index contributed by atoms with van der Waals surface area (Å²) in [6, 6.07) is 2.24. The van der Waals surface area contributed by atoms with Gasteiger partial charge in [0.15, 0.2) is 6.29 Å². The monoisotopic (exact) mass is 269 g/mol. The zero-order chi connectivity index (χ0) is 13.9. The highest BCUT2D eigenvalue weighted by Gasteiger charge is 2.13. The van der Waals surface area contributed by atoms with Crippen molar-refractivity contribution in [3.8, 4) is 6.07 Å². The first-order valence-corrected chi connectivity index (χ1v) is 7.46. The molecule has 0 bridgehead atoms. The van der Waals surface area contributed by atoms with Crippen LogP contribution in [0.5, 0.6) is 0 Å². The van der Waals surface area contributed by atoms with E-state index in [1.165, 1.54) is 6.42 Å². The molecule has 0 radical (unpaired) electrons. The molecular formula is C15H27NO3. The Morgan fingerprint density at radius 1 is 1.26 bits per heavy atom. The van der Waals surface area contributed by atoms with Crippen LogP contribution in [-0.2, 0) is 14.2 Å². The molecule has 0 N–H and O–H groups in total. The molecular weight excluding hydrogens is 242 g/mol. The average molecular weight is 269 g/mol. The van der Waals surface area contributed by atoms with Gasteiger partial charge in [-0.3, -0.25) is 0 Å². The molecule has 0 saturated carbocycles. The Hall–Kier alpha value is -0.630. The summed E-state index contributed by atoms with van der Waals surface area (Å²) in [4.78, 5) is 0. The summed E-state index contributed by atoms with van der Waals surface area (Å²) in [5, 5.41) is 8.70. The molecule has 0 aromatic heterocycles. The molecule has 3 unspecified atom stereocenters. The van der Waals surface area contributed by atoms with Crippen molar-refractivity contribution < 1.29 is 14.2 Å². The summed E-state index contributed by atoms with van der Waals surface area (Å²) < 4.78 is 16.8. The van der Waals surface area contributed by atoms with Crippen LogP contribution in [0.25, 0.3) is 0 Å². The average Bonchev–Trinajstić information content (AvgIpc) is 2.45. The summed E-state index contributed by atoms with van der Waals surface area (Å²) >= 11 is 0. The van der Waals surface area contributed by atoms with Crippen LogP contribution in [0.3, 0.4) is 0 Å². The van der Waals surface area contributed by atoms with E-state index < -0.39 is 0 Å². The minimum Gasteiger partial charge on any atom is -0.378 e. The van der Waals surface area contributed by atoms with Crippen LogP contribution in [0.1, 0.15) is 52.4 Å². The fourth-order valence-electron chi connectivity index (χ4n) is 2.03. The fourth-order valence-corrected chi connectivity index (χ4v) is 2.03. The van der Waals surface area contributed by atoms with Crippen LogP contribution in [-0.4, -0.2) is 32.2 Å². The SMILES string of the molecule is CC(C#N)CCC(C)OCCCOC1CCCCO1. The Bertz CT molecular complexity index is 259. The second-order valence-electron chi connectivity index (χ2n) is 5.31. The van der Waals surface area contributed by atoms with Gasteiger partial charge in [-0.1, -0.05) is 0 Å². The molecule has 1 rings (SSSR count). The fraction of sp³-hybridized carbons (Fsp3) is 0.933. The molecule has 110 valence electrons. The van der Waals surface area contributed by atoms with Gasteiger partial charge >= 0.3 is 0 Å². The number of nitrogens with zero attached hydrogens (tertiary/aromatic N) is 1. The predicted octanol–water partition coefficient (Wildman–Crippen LogP) is 3.26. The number of rotatable bonds is 9. The van der Waals surface area contributed by atoms with Crippen LogP contribution in [0.15, 0.2) is 0 Å². The third-order valence-corrected chi connectivity index (χ3v) is 3.36. The van der Waals surface area contributed by atoms with Crippen molar-refractivity contribution in [3.63, 3.8) is 0 Å². The van der Waals surface area contributed by atoms with E-state index in [0.29, 0.717) is 6.61 Å². The Labute approximate surface area is 117 Å². The van der Waals surface area contributed by atoms with Gasteiger partial charge in [-0.15, -0.1) is 0 Å². The Morgan fingerprint density at radius 3 is 2.79 bits per heavy atom. The standard InChI is InChI=1S/C15H27NO3/c1-13(12-16)7-8-14(2)17-10-5-11-19-15-6-3-4-9-18-15/h13-15H,3-11H2,1-2H3. The summed E-state index contributed by atoms with van der Waals surface area (Å²) in [5.41, 5.74) is 0. The molecule has 1 saturated heterocycles. The number of hydrogen-bond acceptors (Lipinski definition) is 4. The molecule has 0 amide bonds.